The van der Waals surface area contributed by atoms with Gasteiger partial charge in [0.2, 0.25) is 0 Å². The molecule has 1 aliphatic heterocycles. The van der Waals surface area contributed by atoms with Crippen LogP contribution in [0.1, 0.15) is 18.4 Å². The molecular formula is C12H13F2N3. The van der Waals surface area contributed by atoms with E-state index in [9.17, 15) is 8.78 Å². The van der Waals surface area contributed by atoms with Crippen LogP contribution < -0.4 is 10.6 Å². The summed E-state index contributed by atoms with van der Waals surface area (Å²) in [6.45, 7) is 0.298. The highest BCUT2D eigenvalue weighted by Crippen LogP contribution is 2.31. The van der Waals surface area contributed by atoms with Crippen LogP contribution in [0, 0.1) is 11.3 Å². The van der Waals surface area contributed by atoms with Gasteiger partial charge in [-0.25, -0.2) is 8.78 Å². The number of hydrogen-bond acceptors (Lipinski definition) is 3. The number of anilines is 2. The first kappa shape index (κ1) is 11.6. The molecule has 1 aromatic rings. The number of hydrogen-bond donors (Lipinski definition) is 1. The number of benzene rings is 1. The molecule has 2 rings (SSSR count). The fourth-order valence-corrected chi connectivity index (χ4v) is 2.02. The van der Waals surface area contributed by atoms with Gasteiger partial charge in [0.25, 0.3) is 5.92 Å². The molecule has 0 aliphatic carbocycles. The van der Waals surface area contributed by atoms with Crippen molar-refractivity contribution in [3.63, 3.8) is 0 Å². The summed E-state index contributed by atoms with van der Waals surface area (Å²) >= 11 is 0. The first-order valence-electron chi connectivity index (χ1n) is 5.44. The Morgan fingerprint density at radius 2 is 2.18 bits per heavy atom. The average Bonchev–Trinajstić information content (AvgIpc) is 2.28. The van der Waals surface area contributed by atoms with Crippen molar-refractivity contribution < 1.29 is 8.78 Å². The van der Waals surface area contributed by atoms with E-state index in [-0.39, 0.29) is 13.0 Å². The van der Waals surface area contributed by atoms with Gasteiger partial charge >= 0.3 is 0 Å². The van der Waals surface area contributed by atoms with Crippen molar-refractivity contribution in [3.8, 4) is 6.07 Å². The van der Waals surface area contributed by atoms with Gasteiger partial charge in [0, 0.05) is 24.3 Å². The first-order valence-corrected chi connectivity index (χ1v) is 5.44. The van der Waals surface area contributed by atoms with E-state index < -0.39 is 5.92 Å². The first-order chi connectivity index (χ1) is 8.02. The minimum Gasteiger partial charge on any atom is -0.398 e. The van der Waals surface area contributed by atoms with E-state index in [0.717, 1.165) is 0 Å². The lowest BCUT2D eigenvalue weighted by atomic mass is 10.1. The number of nitriles is 1. The van der Waals surface area contributed by atoms with Crippen LogP contribution >= 0.6 is 0 Å². The van der Waals surface area contributed by atoms with Crippen LogP contribution in [0.25, 0.3) is 0 Å². The molecule has 0 spiro atoms. The maximum absolute atomic E-state index is 13.3. The van der Waals surface area contributed by atoms with Crippen LogP contribution in [0.15, 0.2) is 18.2 Å². The Kier molecular flexibility index (Phi) is 2.88. The Hall–Kier alpha value is -1.83. The van der Waals surface area contributed by atoms with E-state index >= 15 is 0 Å². The average molecular weight is 237 g/mol. The molecular weight excluding hydrogens is 224 g/mol. The van der Waals surface area contributed by atoms with E-state index in [2.05, 4.69) is 0 Å². The third-order valence-corrected chi connectivity index (χ3v) is 2.92. The molecule has 1 aliphatic rings. The van der Waals surface area contributed by atoms with Gasteiger partial charge in [0.1, 0.15) is 6.07 Å². The van der Waals surface area contributed by atoms with Gasteiger partial charge in [-0.1, -0.05) is 0 Å². The maximum atomic E-state index is 13.3. The van der Waals surface area contributed by atoms with Crippen molar-refractivity contribution in [1.29, 1.82) is 5.26 Å². The molecule has 2 N–H and O–H groups in total. The normalized spacial score (nSPS) is 18.8. The number of nitrogens with two attached hydrogens (primary N) is 1. The van der Waals surface area contributed by atoms with Crippen molar-refractivity contribution in [1.82, 2.24) is 0 Å². The van der Waals surface area contributed by atoms with Gasteiger partial charge in [-0.15, -0.1) is 0 Å². The third-order valence-electron chi connectivity index (χ3n) is 2.92. The lowest BCUT2D eigenvalue weighted by molar-refractivity contribution is -0.0116. The summed E-state index contributed by atoms with van der Waals surface area (Å²) < 4.78 is 26.5. The molecule has 0 unspecified atom stereocenters. The van der Waals surface area contributed by atoms with E-state index in [1.165, 1.54) is 0 Å². The van der Waals surface area contributed by atoms with Crippen molar-refractivity contribution in [3.05, 3.63) is 23.8 Å². The summed E-state index contributed by atoms with van der Waals surface area (Å²) in [5, 5.41) is 8.85. The molecule has 90 valence electrons. The third kappa shape index (κ3) is 2.47. The van der Waals surface area contributed by atoms with Gasteiger partial charge in [0.15, 0.2) is 0 Å². The van der Waals surface area contributed by atoms with Gasteiger partial charge in [-0.05, 0) is 24.6 Å². The van der Waals surface area contributed by atoms with Crippen molar-refractivity contribution in [2.45, 2.75) is 18.8 Å². The Morgan fingerprint density at radius 3 is 2.82 bits per heavy atom. The molecule has 0 amide bonds. The number of halogens is 2. The van der Waals surface area contributed by atoms with E-state index in [4.69, 9.17) is 11.0 Å². The van der Waals surface area contributed by atoms with E-state index in [1.54, 1.807) is 23.1 Å². The summed E-state index contributed by atoms with van der Waals surface area (Å²) in [7, 11) is 0. The zero-order chi connectivity index (χ0) is 12.5. The largest absolute Gasteiger partial charge is 0.398 e. The second-order valence-electron chi connectivity index (χ2n) is 4.26. The zero-order valence-corrected chi connectivity index (χ0v) is 9.29. The molecule has 17 heavy (non-hydrogen) atoms. The van der Waals surface area contributed by atoms with Gasteiger partial charge in [-0.3, -0.25) is 0 Å². The molecule has 0 saturated carbocycles. The van der Waals surface area contributed by atoms with Gasteiger partial charge in [0.05, 0.1) is 12.1 Å². The van der Waals surface area contributed by atoms with E-state index in [0.29, 0.717) is 29.9 Å². The van der Waals surface area contributed by atoms with Crippen LogP contribution in [0.4, 0.5) is 20.2 Å². The molecule has 1 fully saturated rings. The summed E-state index contributed by atoms with van der Waals surface area (Å²) in [5.41, 5.74) is 6.93. The predicted octanol–water partition coefficient (Wildman–Crippen LogP) is 2.38. The summed E-state index contributed by atoms with van der Waals surface area (Å²) in [5.74, 6) is -2.65. The van der Waals surface area contributed by atoms with Crippen molar-refractivity contribution >= 4 is 11.4 Å². The molecule has 0 aromatic heterocycles. The number of rotatable bonds is 1. The number of nitrogens with zero attached hydrogens (tertiary/aromatic N) is 2. The molecule has 0 atom stereocenters. The van der Waals surface area contributed by atoms with Gasteiger partial charge < -0.3 is 10.6 Å². The lowest BCUT2D eigenvalue weighted by Crippen LogP contribution is -2.42. The Balaban J connectivity index is 2.26. The molecule has 5 heteroatoms. The molecule has 1 heterocycles. The molecule has 0 bridgehead atoms. The highest BCUT2D eigenvalue weighted by atomic mass is 19.3. The molecule has 1 saturated heterocycles. The Morgan fingerprint density at radius 1 is 1.41 bits per heavy atom. The summed E-state index contributed by atoms with van der Waals surface area (Å²) in [4.78, 5) is 1.60. The Labute approximate surface area is 98.4 Å². The van der Waals surface area contributed by atoms with Crippen LogP contribution in [0.3, 0.4) is 0 Å². The molecule has 0 radical (unpaired) electrons. The number of nitrogen functional groups attached to an aromatic ring is 1. The summed E-state index contributed by atoms with van der Waals surface area (Å²) in [6, 6.07) is 6.78. The zero-order valence-electron chi connectivity index (χ0n) is 9.29. The maximum Gasteiger partial charge on any atom is 0.265 e. The second-order valence-corrected chi connectivity index (χ2v) is 4.26. The lowest BCUT2D eigenvalue weighted by Gasteiger charge is -2.34. The van der Waals surface area contributed by atoms with Crippen LogP contribution in [0.5, 0.6) is 0 Å². The van der Waals surface area contributed by atoms with Crippen LogP contribution in [-0.2, 0) is 0 Å². The van der Waals surface area contributed by atoms with Crippen molar-refractivity contribution in [2.75, 3.05) is 23.7 Å². The van der Waals surface area contributed by atoms with Crippen molar-refractivity contribution in [2.24, 2.45) is 0 Å². The minimum atomic E-state index is -2.65. The molecule has 3 nitrogen and oxygen atoms in total. The monoisotopic (exact) mass is 237 g/mol. The fraction of sp³-hybridized carbons (Fsp3) is 0.417. The second kappa shape index (κ2) is 4.21. The number of piperidine rings is 1. The fourth-order valence-electron chi connectivity index (χ4n) is 2.02. The standard InChI is InChI=1S/C12H13F2N3/c13-12(14)4-1-5-17(8-12)10-2-3-11(16)9(6-10)7-15/h2-3,6H,1,4-5,8,16H2. The summed E-state index contributed by atoms with van der Waals surface area (Å²) in [6.07, 6.45) is 0.392. The highest BCUT2D eigenvalue weighted by Gasteiger charge is 2.35. The highest BCUT2D eigenvalue weighted by molar-refractivity contribution is 5.63. The van der Waals surface area contributed by atoms with E-state index in [1.807, 2.05) is 6.07 Å². The topological polar surface area (TPSA) is 53.0 Å². The Bertz CT molecular complexity index is 465. The van der Waals surface area contributed by atoms with Crippen LogP contribution in [0.2, 0.25) is 0 Å². The smallest absolute Gasteiger partial charge is 0.265 e. The predicted molar refractivity (Wildman–Crippen MR) is 62.0 cm³/mol. The number of alkyl halides is 2. The minimum absolute atomic E-state index is 0.0659. The van der Waals surface area contributed by atoms with Crippen LogP contribution in [-0.4, -0.2) is 19.0 Å². The van der Waals surface area contributed by atoms with Gasteiger partial charge in [-0.2, -0.15) is 5.26 Å². The SMILES string of the molecule is N#Cc1cc(N2CCCC(F)(F)C2)ccc1N. The molecule has 1 aromatic carbocycles. The quantitative estimate of drug-likeness (QED) is 0.763.